The molecule has 0 saturated heterocycles. The van der Waals surface area contributed by atoms with Crippen molar-refractivity contribution in [3.63, 3.8) is 0 Å². The zero-order valence-electron chi connectivity index (χ0n) is 9.86. The van der Waals surface area contributed by atoms with E-state index in [1.54, 1.807) is 12.1 Å². The van der Waals surface area contributed by atoms with Crippen molar-refractivity contribution in [3.05, 3.63) is 34.6 Å². The van der Waals surface area contributed by atoms with Gasteiger partial charge < -0.3 is 0 Å². The van der Waals surface area contributed by atoms with E-state index in [9.17, 15) is 4.39 Å². The van der Waals surface area contributed by atoms with Crippen molar-refractivity contribution in [2.24, 2.45) is 5.41 Å². The van der Waals surface area contributed by atoms with Crippen LogP contribution in [0.25, 0.3) is 0 Å². The van der Waals surface area contributed by atoms with Crippen molar-refractivity contribution in [3.8, 4) is 0 Å². The smallest absolute Gasteiger partial charge is 0.126 e. The summed E-state index contributed by atoms with van der Waals surface area (Å²) in [6, 6.07) is 4.67. The van der Waals surface area contributed by atoms with Gasteiger partial charge in [0.25, 0.3) is 0 Å². The average Bonchev–Trinajstić information content (AvgIpc) is 2.08. The third kappa shape index (κ3) is 4.31. The van der Waals surface area contributed by atoms with E-state index in [4.69, 9.17) is 23.2 Å². The lowest BCUT2D eigenvalue weighted by molar-refractivity contribution is 0.327. The van der Waals surface area contributed by atoms with Crippen LogP contribution in [0.4, 0.5) is 4.39 Å². The first kappa shape index (κ1) is 13.8. The molecule has 0 N–H and O–H groups in total. The highest BCUT2D eigenvalue weighted by molar-refractivity contribution is 6.30. The molecule has 0 radical (unpaired) electrons. The predicted molar refractivity (Wildman–Crippen MR) is 68.8 cm³/mol. The first-order chi connectivity index (χ1) is 7.30. The molecule has 1 unspecified atom stereocenters. The second-order valence-corrected chi connectivity index (χ2v) is 6.24. The summed E-state index contributed by atoms with van der Waals surface area (Å²) in [6.45, 7) is 6.14. The average molecular weight is 263 g/mol. The van der Waals surface area contributed by atoms with Crippen LogP contribution in [0.1, 0.15) is 32.8 Å². The highest BCUT2D eigenvalue weighted by Crippen LogP contribution is 2.30. The van der Waals surface area contributed by atoms with Crippen LogP contribution in [0, 0.1) is 11.2 Å². The minimum absolute atomic E-state index is 0.0211. The molecule has 0 saturated carbocycles. The number of benzene rings is 1. The first-order valence-corrected chi connectivity index (χ1v) is 6.19. The molecule has 1 atom stereocenters. The van der Waals surface area contributed by atoms with Gasteiger partial charge in [-0.05, 0) is 48.9 Å². The Hall–Kier alpha value is -0.270. The summed E-state index contributed by atoms with van der Waals surface area (Å²) in [7, 11) is 0. The molecule has 0 aliphatic heterocycles. The lowest BCUT2D eigenvalue weighted by atomic mass is 9.81. The third-order valence-electron chi connectivity index (χ3n) is 2.51. The molecule has 0 bridgehead atoms. The van der Waals surface area contributed by atoms with Gasteiger partial charge in [-0.25, -0.2) is 4.39 Å². The summed E-state index contributed by atoms with van der Waals surface area (Å²) in [6.07, 6.45) is 1.50. The minimum Gasteiger partial charge on any atom is -0.207 e. The molecule has 3 heteroatoms. The topological polar surface area (TPSA) is 0 Å². The van der Waals surface area contributed by atoms with E-state index < -0.39 is 0 Å². The van der Waals surface area contributed by atoms with Gasteiger partial charge >= 0.3 is 0 Å². The highest BCUT2D eigenvalue weighted by atomic mass is 35.5. The fourth-order valence-corrected chi connectivity index (χ4v) is 2.64. The number of hydrogen-bond acceptors (Lipinski definition) is 0. The van der Waals surface area contributed by atoms with E-state index in [1.165, 1.54) is 6.07 Å². The van der Waals surface area contributed by atoms with E-state index in [-0.39, 0.29) is 16.6 Å². The van der Waals surface area contributed by atoms with Gasteiger partial charge in [0, 0.05) is 10.4 Å². The number of alkyl halides is 1. The minimum atomic E-state index is -0.195. The Balaban J connectivity index is 2.82. The van der Waals surface area contributed by atoms with E-state index in [2.05, 4.69) is 13.8 Å². The normalized spacial score (nSPS) is 13.9. The SMILES string of the molecule is CC(Cl)CC(C)(C)Cc1cc(Cl)ccc1F. The predicted octanol–water partition coefficient (Wildman–Crippen LogP) is 5.07. The van der Waals surface area contributed by atoms with E-state index in [0.29, 0.717) is 17.0 Å². The van der Waals surface area contributed by atoms with Crippen LogP contribution in [0.15, 0.2) is 18.2 Å². The van der Waals surface area contributed by atoms with Crippen molar-refractivity contribution < 1.29 is 4.39 Å². The molecule has 0 aromatic heterocycles. The molecule has 90 valence electrons. The summed E-state index contributed by atoms with van der Waals surface area (Å²) in [4.78, 5) is 0. The molecule has 0 amide bonds. The summed E-state index contributed by atoms with van der Waals surface area (Å²) in [5, 5.41) is 0.670. The Morgan fingerprint density at radius 3 is 2.56 bits per heavy atom. The Morgan fingerprint density at radius 2 is 2.00 bits per heavy atom. The molecule has 0 aliphatic carbocycles. The van der Waals surface area contributed by atoms with E-state index in [0.717, 1.165) is 6.42 Å². The Labute approximate surface area is 107 Å². The van der Waals surface area contributed by atoms with Crippen molar-refractivity contribution in [2.75, 3.05) is 0 Å². The second-order valence-electron chi connectivity index (χ2n) is 5.06. The van der Waals surface area contributed by atoms with Gasteiger partial charge in [0.05, 0.1) is 0 Å². The standard InChI is InChI=1S/C13H17Cl2F/c1-9(14)7-13(2,3)8-10-6-11(15)4-5-12(10)16/h4-6,9H,7-8H2,1-3H3. The molecule has 0 aliphatic rings. The fraction of sp³-hybridized carbons (Fsp3) is 0.538. The molecule has 0 spiro atoms. The monoisotopic (exact) mass is 262 g/mol. The largest absolute Gasteiger partial charge is 0.207 e. The second kappa shape index (κ2) is 5.37. The third-order valence-corrected chi connectivity index (χ3v) is 2.90. The quantitative estimate of drug-likeness (QED) is 0.665. The number of halogens is 3. The van der Waals surface area contributed by atoms with Crippen LogP contribution >= 0.6 is 23.2 Å². The van der Waals surface area contributed by atoms with Gasteiger partial charge in [0.15, 0.2) is 0 Å². The highest BCUT2D eigenvalue weighted by Gasteiger charge is 2.22. The van der Waals surface area contributed by atoms with Crippen molar-refractivity contribution in [1.29, 1.82) is 0 Å². The molecular weight excluding hydrogens is 246 g/mol. The molecule has 16 heavy (non-hydrogen) atoms. The molecule has 0 fully saturated rings. The van der Waals surface area contributed by atoms with Crippen molar-refractivity contribution >= 4 is 23.2 Å². The Morgan fingerprint density at radius 1 is 1.38 bits per heavy atom. The van der Waals surface area contributed by atoms with Gasteiger partial charge in [-0.2, -0.15) is 0 Å². The van der Waals surface area contributed by atoms with Crippen molar-refractivity contribution in [2.45, 2.75) is 39.0 Å². The van der Waals surface area contributed by atoms with Gasteiger partial charge in [-0.3, -0.25) is 0 Å². The van der Waals surface area contributed by atoms with Crippen molar-refractivity contribution in [1.82, 2.24) is 0 Å². The van der Waals surface area contributed by atoms with Gasteiger partial charge in [-0.1, -0.05) is 25.4 Å². The van der Waals surface area contributed by atoms with Crippen LogP contribution in [-0.4, -0.2) is 5.38 Å². The maximum absolute atomic E-state index is 13.5. The fourth-order valence-electron chi connectivity index (χ4n) is 2.03. The summed E-state index contributed by atoms with van der Waals surface area (Å²) in [5.41, 5.74) is 0.641. The zero-order valence-corrected chi connectivity index (χ0v) is 11.4. The molecule has 1 aromatic rings. The molecule has 0 heterocycles. The molecule has 1 aromatic carbocycles. The van der Waals surface area contributed by atoms with E-state index in [1.807, 2.05) is 6.92 Å². The van der Waals surface area contributed by atoms with E-state index >= 15 is 0 Å². The van der Waals surface area contributed by atoms with Crippen LogP contribution in [0.2, 0.25) is 5.02 Å². The maximum atomic E-state index is 13.5. The summed E-state index contributed by atoms with van der Waals surface area (Å²) in [5.74, 6) is -0.195. The van der Waals surface area contributed by atoms with Crippen LogP contribution in [-0.2, 0) is 6.42 Å². The Bertz CT molecular complexity index is 359. The van der Waals surface area contributed by atoms with Crippen LogP contribution in [0.3, 0.4) is 0 Å². The van der Waals surface area contributed by atoms with Gasteiger partial charge in [-0.15, -0.1) is 11.6 Å². The molecule has 1 rings (SSSR count). The lowest BCUT2D eigenvalue weighted by Gasteiger charge is -2.26. The number of rotatable bonds is 4. The summed E-state index contributed by atoms with van der Waals surface area (Å²) >= 11 is 11.8. The van der Waals surface area contributed by atoms with Crippen LogP contribution in [0.5, 0.6) is 0 Å². The zero-order chi connectivity index (χ0) is 12.3. The Kier molecular flexibility index (Phi) is 4.63. The molecule has 0 nitrogen and oxygen atoms in total. The summed E-state index contributed by atoms with van der Waals surface area (Å²) < 4.78 is 13.5. The lowest BCUT2D eigenvalue weighted by Crippen LogP contribution is -2.19. The number of hydrogen-bond donors (Lipinski definition) is 0. The van der Waals surface area contributed by atoms with Gasteiger partial charge in [0.2, 0.25) is 0 Å². The van der Waals surface area contributed by atoms with Gasteiger partial charge in [0.1, 0.15) is 5.82 Å². The maximum Gasteiger partial charge on any atom is 0.126 e. The van der Waals surface area contributed by atoms with Crippen LogP contribution < -0.4 is 0 Å². The first-order valence-electron chi connectivity index (χ1n) is 5.38. The molecular formula is C13H17Cl2F.